The second kappa shape index (κ2) is 9.89. The molecule has 0 unspecified atom stereocenters. The lowest BCUT2D eigenvalue weighted by atomic mass is 9.99. The van der Waals surface area contributed by atoms with E-state index in [1.54, 1.807) is 37.4 Å². The Labute approximate surface area is 172 Å². The first-order valence-electron chi connectivity index (χ1n) is 9.96. The van der Waals surface area contributed by atoms with Crippen molar-refractivity contribution in [1.82, 2.24) is 9.62 Å². The smallest absolute Gasteiger partial charge is 0.243 e. The van der Waals surface area contributed by atoms with Crippen LogP contribution in [0.3, 0.4) is 0 Å². The lowest BCUT2D eigenvalue weighted by Gasteiger charge is -2.31. The zero-order valence-corrected chi connectivity index (χ0v) is 17.5. The molecule has 0 aliphatic carbocycles. The fourth-order valence-corrected chi connectivity index (χ4v) is 5.14. The molecule has 2 aromatic rings. The van der Waals surface area contributed by atoms with Crippen molar-refractivity contribution in [2.75, 3.05) is 26.7 Å². The molecular weight excluding hydrogens is 388 g/mol. The first kappa shape index (κ1) is 21.3. The number of carbonyl (C=O) groups excluding carboxylic acids is 1. The Morgan fingerprint density at radius 3 is 2.72 bits per heavy atom. The van der Waals surface area contributed by atoms with Crippen molar-refractivity contribution in [3.63, 3.8) is 0 Å². The van der Waals surface area contributed by atoms with E-state index in [2.05, 4.69) is 5.32 Å². The molecular formula is C22H28N2O4S. The normalized spacial score (nSPS) is 17.6. The van der Waals surface area contributed by atoms with E-state index in [1.807, 2.05) is 24.3 Å². The zero-order valence-electron chi connectivity index (χ0n) is 16.7. The molecule has 6 nitrogen and oxygen atoms in total. The summed E-state index contributed by atoms with van der Waals surface area (Å²) in [4.78, 5) is 12.8. The number of ether oxygens (including phenoxy) is 1. The Hall–Kier alpha value is -2.38. The third-order valence-electron chi connectivity index (χ3n) is 5.21. The van der Waals surface area contributed by atoms with E-state index in [-0.39, 0.29) is 23.3 Å². The number of amides is 1. The number of rotatable bonds is 8. The maximum absolute atomic E-state index is 12.8. The van der Waals surface area contributed by atoms with Crippen LogP contribution in [-0.4, -0.2) is 45.4 Å². The van der Waals surface area contributed by atoms with E-state index in [0.717, 1.165) is 24.2 Å². The van der Waals surface area contributed by atoms with Gasteiger partial charge in [0.2, 0.25) is 15.9 Å². The Kier molecular flexibility index (Phi) is 7.28. The molecule has 156 valence electrons. The molecule has 1 N–H and O–H groups in total. The average molecular weight is 417 g/mol. The zero-order chi connectivity index (χ0) is 20.7. The van der Waals surface area contributed by atoms with Gasteiger partial charge in [-0.1, -0.05) is 30.3 Å². The van der Waals surface area contributed by atoms with Crippen molar-refractivity contribution in [2.24, 2.45) is 5.92 Å². The molecule has 0 bridgehead atoms. The highest BCUT2D eigenvalue weighted by Gasteiger charge is 2.33. The Morgan fingerprint density at radius 2 is 1.97 bits per heavy atom. The number of sulfonamides is 1. The van der Waals surface area contributed by atoms with Gasteiger partial charge in [0.05, 0.1) is 17.9 Å². The molecule has 3 rings (SSSR count). The monoisotopic (exact) mass is 416 g/mol. The van der Waals surface area contributed by atoms with E-state index >= 15 is 0 Å². The van der Waals surface area contributed by atoms with Crippen LogP contribution in [0.4, 0.5) is 0 Å². The number of benzene rings is 2. The van der Waals surface area contributed by atoms with Crippen LogP contribution in [0.15, 0.2) is 59.5 Å². The summed E-state index contributed by atoms with van der Waals surface area (Å²) in [6.45, 7) is 1.26. The van der Waals surface area contributed by atoms with Gasteiger partial charge in [0, 0.05) is 19.6 Å². The van der Waals surface area contributed by atoms with Crippen LogP contribution < -0.4 is 10.1 Å². The number of hydrogen-bond acceptors (Lipinski definition) is 4. The molecule has 1 heterocycles. The molecule has 0 spiro atoms. The van der Waals surface area contributed by atoms with Gasteiger partial charge in [-0.15, -0.1) is 0 Å². The van der Waals surface area contributed by atoms with Crippen molar-refractivity contribution < 1.29 is 17.9 Å². The summed E-state index contributed by atoms with van der Waals surface area (Å²) in [5, 5.41) is 2.97. The molecule has 1 atom stereocenters. The third kappa shape index (κ3) is 5.58. The number of aryl methyl sites for hydroxylation is 1. The molecule has 2 aromatic carbocycles. The van der Waals surface area contributed by atoms with Crippen molar-refractivity contribution in [2.45, 2.75) is 30.6 Å². The van der Waals surface area contributed by atoms with Crippen molar-refractivity contribution in [3.05, 3.63) is 60.2 Å². The van der Waals surface area contributed by atoms with E-state index in [9.17, 15) is 13.2 Å². The summed E-state index contributed by atoms with van der Waals surface area (Å²) in [6.07, 6.45) is 3.06. The van der Waals surface area contributed by atoms with Crippen LogP contribution in [-0.2, 0) is 21.2 Å². The van der Waals surface area contributed by atoms with Crippen molar-refractivity contribution >= 4 is 15.9 Å². The van der Waals surface area contributed by atoms with Gasteiger partial charge in [-0.05, 0) is 55.5 Å². The van der Waals surface area contributed by atoms with Crippen molar-refractivity contribution in [3.8, 4) is 5.75 Å². The SMILES string of the molecule is COc1cccc(CCCNC(=O)[C@H]2CCCN(S(=O)(=O)c3ccccc3)C2)c1. The van der Waals surface area contributed by atoms with E-state index in [0.29, 0.717) is 25.9 Å². The van der Waals surface area contributed by atoms with Crippen LogP contribution in [0.2, 0.25) is 0 Å². The highest BCUT2D eigenvalue weighted by molar-refractivity contribution is 7.89. The predicted molar refractivity (Wildman–Crippen MR) is 112 cm³/mol. The van der Waals surface area contributed by atoms with Gasteiger partial charge in [0.1, 0.15) is 5.75 Å². The summed E-state index contributed by atoms with van der Waals surface area (Å²) in [7, 11) is -1.91. The summed E-state index contributed by atoms with van der Waals surface area (Å²) in [5.41, 5.74) is 1.16. The molecule has 1 aliphatic rings. The molecule has 1 saturated heterocycles. The van der Waals surface area contributed by atoms with E-state index in [4.69, 9.17) is 4.74 Å². The number of piperidine rings is 1. The largest absolute Gasteiger partial charge is 0.497 e. The van der Waals surface area contributed by atoms with Gasteiger partial charge in [-0.2, -0.15) is 4.31 Å². The van der Waals surface area contributed by atoms with Crippen molar-refractivity contribution in [1.29, 1.82) is 0 Å². The number of nitrogens with one attached hydrogen (secondary N) is 1. The quantitative estimate of drug-likeness (QED) is 0.672. The maximum atomic E-state index is 12.8. The maximum Gasteiger partial charge on any atom is 0.243 e. The highest BCUT2D eigenvalue weighted by Crippen LogP contribution is 2.23. The third-order valence-corrected chi connectivity index (χ3v) is 7.09. The van der Waals surface area contributed by atoms with Gasteiger partial charge in [0.15, 0.2) is 0 Å². The minimum atomic E-state index is -3.55. The van der Waals surface area contributed by atoms with Crippen LogP contribution in [0.25, 0.3) is 0 Å². The number of carbonyl (C=O) groups is 1. The molecule has 29 heavy (non-hydrogen) atoms. The molecule has 0 radical (unpaired) electrons. The summed E-state index contributed by atoms with van der Waals surface area (Å²) >= 11 is 0. The van der Waals surface area contributed by atoms with Gasteiger partial charge in [-0.3, -0.25) is 4.79 Å². The van der Waals surface area contributed by atoms with Crippen LogP contribution in [0.5, 0.6) is 5.75 Å². The fraction of sp³-hybridized carbons (Fsp3) is 0.409. The second-order valence-corrected chi connectivity index (χ2v) is 9.20. The molecule has 0 saturated carbocycles. The Balaban J connectivity index is 1.49. The average Bonchev–Trinajstić information content (AvgIpc) is 2.77. The predicted octanol–water partition coefficient (Wildman–Crippen LogP) is 2.84. The molecule has 1 fully saturated rings. The van der Waals surface area contributed by atoms with Gasteiger partial charge in [0.25, 0.3) is 0 Å². The first-order valence-corrected chi connectivity index (χ1v) is 11.4. The summed E-state index contributed by atoms with van der Waals surface area (Å²) in [5.74, 6) is 0.455. The van der Waals surface area contributed by atoms with Crippen LogP contribution in [0, 0.1) is 5.92 Å². The lowest BCUT2D eigenvalue weighted by Crippen LogP contribution is -2.45. The minimum absolute atomic E-state index is 0.0661. The first-order chi connectivity index (χ1) is 14.0. The second-order valence-electron chi connectivity index (χ2n) is 7.26. The fourth-order valence-electron chi connectivity index (χ4n) is 3.59. The molecule has 0 aromatic heterocycles. The molecule has 1 amide bonds. The van der Waals surface area contributed by atoms with E-state index in [1.165, 1.54) is 4.31 Å². The minimum Gasteiger partial charge on any atom is -0.497 e. The highest BCUT2D eigenvalue weighted by atomic mass is 32.2. The Bertz CT molecular complexity index is 915. The van der Waals surface area contributed by atoms with Gasteiger partial charge in [-0.25, -0.2) is 8.42 Å². The van der Waals surface area contributed by atoms with E-state index < -0.39 is 10.0 Å². The standard InChI is InChI=1S/C22H28N2O4S/c1-28-20-11-5-8-18(16-20)9-6-14-23-22(25)19-10-7-15-24(17-19)29(26,27)21-12-3-2-4-13-21/h2-5,8,11-13,16,19H,6-7,9-10,14-15,17H2,1H3,(H,23,25)/t19-/m0/s1. The van der Waals surface area contributed by atoms with Gasteiger partial charge < -0.3 is 10.1 Å². The molecule has 7 heteroatoms. The topological polar surface area (TPSA) is 75.7 Å². The number of nitrogens with zero attached hydrogens (tertiary/aromatic N) is 1. The van der Waals surface area contributed by atoms with Crippen LogP contribution in [0.1, 0.15) is 24.8 Å². The lowest BCUT2D eigenvalue weighted by molar-refractivity contribution is -0.126. The van der Waals surface area contributed by atoms with Crippen LogP contribution >= 0.6 is 0 Å². The number of methoxy groups -OCH3 is 1. The van der Waals surface area contributed by atoms with Gasteiger partial charge >= 0.3 is 0 Å². The Morgan fingerprint density at radius 1 is 1.17 bits per heavy atom. The number of hydrogen-bond donors (Lipinski definition) is 1. The summed E-state index contributed by atoms with van der Waals surface area (Å²) in [6, 6.07) is 16.3. The summed E-state index contributed by atoms with van der Waals surface area (Å²) < 4.78 is 32.3. The molecule has 1 aliphatic heterocycles.